The SMILES string of the molecule is C=CCCC(=O)N(C)[C@H](C)[C@H](OC(=O)[C@@H]1[C@H]2C(=O)N([C@@H](CO)C(C)C)[C@H](C(=O)N(CC=C)c3ccccc3Cl)[C@]23CC[C@H]1O3)c1ccccc1. The molecule has 8 atom stereocenters. The average molecular weight is 706 g/mol. The Morgan fingerprint density at radius 2 is 1.78 bits per heavy atom. The number of benzene rings is 2. The summed E-state index contributed by atoms with van der Waals surface area (Å²) in [4.78, 5) is 61.6. The van der Waals surface area contributed by atoms with Crippen molar-refractivity contribution in [2.24, 2.45) is 17.8 Å². The molecule has 2 aromatic rings. The maximum absolute atomic E-state index is 14.9. The van der Waals surface area contributed by atoms with Crippen molar-refractivity contribution < 1.29 is 33.8 Å². The summed E-state index contributed by atoms with van der Waals surface area (Å²) in [5, 5.41) is 11.0. The van der Waals surface area contributed by atoms with Crippen LogP contribution in [0.1, 0.15) is 58.1 Å². The number of amides is 3. The monoisotopic (exact) mass is 705 g/mol. The van der Waals surface area contributed by atoms with Gasteiger partial charge in [-0.05, 0) is 49.8 Å². The van der Waals surface area contributed by atoms with Crippen molar-refractivity contribution >= 4 is 41.0 Å². The Morgan fingerprint density at radius 3 is 2.40 bits per heavy atom. The fraction of sp³-hybridized carbons (Fsp3) is 0.487. The van der Waals surface area contributed by atoms with E-state index in [1.54, 1.807) is 48.4 Å². The molecule has 2 bridgehead atoms. The van der Waals surface area contributed by atoms with Crippen molar-refractivity contribution in [3.63, 3.8) is 0 Å². The van der Waals surface area contributed by atoms with Crippen LogP contribution in [-0.2, 0) is 28.7 Å². The molecule has 3 aliphatic rings. The van der Waals surface area contributed by atoms with Gasteiger partial charge in [0.15, 0.2) is 0 Å². The molecule has 3 heterocycles. The van der Waals surface area contributed by atoms with Gasteiger partial charge in [-0.15, -0.1) is 13.2 Å². The summed E-state index contributed by atoms with van der Waals surface area (Å²) >= 11 is 6.58. The molecule has 0 aromatic heterocycles. The largest absolute Gasteiger partial charge is 0.455 e. The maximum Gasteiger partial charge on any atom is 0.313 e. The first-order chi connectivity index (χ1) is 23.9. The van der Waals surface area contributed by atoms with E-state index in [-0.39, 0.29) is 31.4 Å². The number of carbonyl (C=O) groups is 4. The molecule has 3 aliphatic heterocycles. The number of carbonyl (C=O) groups excluding carboxylic acids is 4. The van der Waals surface area contributed by atoms with Gasteiger partial charge in [0.25, 0.3) is 5.91 Å². The van der Waals surface area contributed by atoms with Crippen LogP contribution in [0.3, 0.4) is 0 Å². The predicted molar refractivity (Wildman–Crippen MR) is 191 cm³/mol. The quantitative estimate of drug-likeness (QED) is 0.196. The van der Waals surface area contributed by atoms with Gasteiger partial charge in [0.2, 0.25) is 11.8 Å². The lowest BCUT2D eigenvalue weighted by atomic mass is 9.70. The average Bonchev–Trinajstić information content (AvgIpc) is 3.76. The summed E-state index contributed by atoms with van der Waals surface area (Å²) in [6.45, 7) is 12.9. The molecule has 1 spiro atoms. The Hall–Kier alpha value is -3.99. The molecular formula is C39H48ClN3O7. The molecule has 50 heavy (non-hydrogen) atoms. The Bertz CT molecular complexity index is 1600. The second kappa shape index (κ2) is 15.5. The fourth-order valence-corrected chi connectivity index (χ4v) is 8.23. The summed E-state index contributed by atoms with van der Waals surface area (Å²) in [7, 11) is 1.68. The molecule has 10 nitrogen and oxygen atoms in total. The predicted octanol–water partition coefficient (Wildman–Crippen LogP) is 5.35. The number of aliphatic hydroxyl groups is 1. The smallest absolute Gasteiger partial charge is 0.313 e. The van der Waals surface area contributed by atoms with Crippen molar-refractivity contribution in [1.82, 2.24) is 9.80 Å². The van der Waals surface area contributed by atoms with Crippen LogP contribution >= 0.6 is 11.6 Å². The number of allylic oxidation sites excluding steroid dienone is 1. The van der Waals surface area contributed by atoms with Crippen LogP contribution in [0.2, 0.25) is 5.02 Å². The van der Waals surface area contributed by atoms with Crippen LogP contribution in [0.15, 0.2) is 79.9 Å². The molecule has 0 saturated carbocycles. The third-order valence-corrected chi connectivity index (χ3v) is 11.0. The van der Waals surface area contributed by atoms with Gasteiger partial charge in [-0.3, -0.25) is 19.2 Å². The van der Waals surface area contributed by atoms with E-state index in [1.807, 2.05) is 51.1 Å². The second-order valence-electron chi connectivity index (χ2n) is 13.8. The number of rotatable bonds is 15. The topological polar surface area (TPSA) is 117 Å². The molecule has 0 radical (unpaired) electrons. The van der Waals surface area contributed by atoms with Gasteiger partial charge in [0.05, 0.1) is 47.3 Å². The Kier molecular flexibility index (Phi) is 11.5. The number of fused-ring (bicyclic) bond motifs is 1. The summed E-state index contributed by atoms with van der Waals surface area (Å²) in [6, 6.07) is 13.7. The highest BCUT2D eigenvalue weighted by Gasteiger charge is 2.76. The Balaban J connectivity index is 1.54. The number of halogens is 1. The van der Waals surface area contributed by atoms with Gasteiger partial charge in [-0.2, -0.15) is 0 Å². The summed E-state index contributed by atoms with van der Waals surface area (Å²) in [5.74, 6) is -3.86. The van der Waals surface area contributed by atoms with Crippen molar-refractivity contribution in [2.45, 2.75) is 82.4 Å². The van der Waals surface area contributed by atoms with E-state index in [4.69, 9.17) is 21.1 Å². The molecule has 0 unspecified atom stereocenters. The molecule has 3 fully saturated rings. The molecule has 3 saturated heterocycles. The summed E-state index contributed by atoms with van der Waals surface area (Å²) in [6.07, 6.45) is 3.35. The summed E-state index contributed by atoms with van der Waals surface area (Å²) in [5.41, 5.74) is -0.189. The van der Waals surface area contributed by atoms with Gasteiger partial charge < -0.3 is 29.3 Å². The molecule has 1 N–H and O–H groups in total. The molecule has 5 rings (SSSR count). The van der Waals surface area contributed by atoms with E-state index in [0.29, 0.717) is 35.5 Å². The highest BCUT2D eigenvalue weighted by Crippen LogP contribution is 2.60. The van der Waals surface area contributed by atoms with Crippen LogP contribution in [0.5, 0.6) is 0 Å². The van der Waals surface area contributed by atoms with Crippen LogP contribution in [0.25, 0.3) is 0 Å². The lowest BCUT2D eigenvalue weighted by Crippen LogP contribution is -2.59. The van der Waals surface area contributed by atoms with Crippen molar-refractivity contribution in [3.8, 4) is 0 Å². The van der Waals surface area contributed by atoms with Crippen LogP contribution < -0.4 is 4.90 Å². The van der Waals surface area contributed by atoms with E-state index in [1.165, 1.54) is 9.80 Å². The minimum atomic E-state index is -1.34. The highest BCUT2D eigenvalue weighted by atomic mass is 35.5. The third kappa shape index (κ3) is 6.61. The van der Waals surface area contributed by atoms with Crippen molar-refractivity contribution in [3.05, 3.63) is 90.5 Å². The standard InChI is InChI=1S/C39H48ClN3O7/c1-7-9-19-31(45)41(6)25(5)34(26-15-11-10-12-16-26)49-38(48)32-30-20-21-39(50-30)33(32)36(46)43(29(23-44)24(3)4)35(39)37(47)42(22-8-2)28-18-14-13-17-27(28)40/h7-8,10-18,24-25,29-30,32-35,44H,1-2,9,19-23H2,3-6H3/t25-,29+,30-,32+,33+,34+,35-,39+/m1/s1. The first-order valence-electron chi connectivity index (χ1n) is 17.3. The van der Waals surface area contributed by atoms with Crippen molar-refractivity contribution in [1.29, 1.82) is 0 Å². The molecule has 11 heteroatoms. The highest BCUT2D eigenvalue weighted by molar-refractivity contribution is 6.34. The maximum atomic E-state index is 14.9. The first kappa shape index (κ1) is 37.3. The van der Waals surface area contributed by atoms with Crippen LogP contribution in [0, 0.1) is 17.8 Å². The van der Waals surface area contributed by atoms with E-state index in [9.17, 15) is 24.3 Å². The molecule has 268 valence electrons. The Morgan fingerprint density at radius 1 is 1.10 bits per heavy atom. The van der Waals surface area contributed by atoms with Crippen molar-refractivity contribution in [2.75, 3.05) is 25.1 Å². The third-order valence-electron chi connectivity index (χ3n) is 10.7. The number of ether oxygens (including phenoxy) is 2. The minimum absolute atomic E-state index is 0.109. The number of likely N-dealkylation sites (tertiary alicyclic amines) is 1. The van der Waals surface area contributed by atoms with Gasteiger partial charge in [-0.25, -0.2) is 0 Å². The molecule has 3 amide bonds. The first-order valence-corrected chi connectivity index (χ1v) is 17.7. The number of para-hydroxylation sites is 1. The number of hydrogen-bond acceptors (Lipinski definition) is 7. The van der Waals surface area contributed by atoms with Gasteiger partial charge in [0.1, 0.15) is 17.7 Å². The zero-order chi connectivity index (χ0) is 36.3. The molecule has 2 aromatic carbocycles. The number of aliphatic hydroxyl groups excluding tert-OH is 1. The number of esters is 1. The van der Waals surface area contributed by atoms with Gasteiger partial charge >= 0.3 is 5.97 Å². The van der Waals surface area contributed by atoms with E-state index >= 15 is 0 Å². The zero-order valence-electron chi connectivity index (χ0n) is 29.2. The fourth-order valence-electron chi connectivity index (χ4n) is 7.99. The number of likely N-dealkylation sites (N-methyl/N-ethyl adjacent to an activating group) is 1. The molecular weight excluding hydrogens is 658 g/mol. The van der Waals surface area contributed by atoms with E-state index in [2.05, 4.69) is 13.2 Å². The Labute approximate surface area is 299 Å². The lowest BCUT2D eigenvalue weighted by molar-refractivity contribution is -0.165. The van der Waals surface area contributed by atoms with E-state index < -0.39 is 65.6 Å². The zero-order valence-corrected chi connectivity index (χ0v) is 30.0. The molecule has 0 aliphatic carbocycles. The van der Waals surface area contributed by atoms with Crippen LogP contribution in [-0.4, -0.2) is 88.6 Å². The minimum Gasteiger partial charge on any atom is -0.455 e. The number of anilines is 1. The van der Waals surface area contributed by atoms with Gasteiger partial charge in [-0.1, -0.05) is 80.1 Å². The van der Waals surface area contributed by atoms with E-state index in [0.717, 1.165) is 0 Å². The van der Waals surface area contributed by atoms with Gasteiger partial charge in [0, 0.05) is 20.0 Å². The van der Waals surface area contributed by atoms with Crippen LogP contribution in [0.4, 0.5) is 5.69 Å². The lowest BCUT2D eigenvalue weighted by Gasteiger charge is -2.40. The number of hydrogen-bond donors (Lipinski definition) is 1. The second-order valence-corrected chi connectivity index (χ2v) is 14.2. The number of nitrogens with zero attached hydrogens (tertiary/aromatic N) is 3. The normalized spacial score (nSPS) is 25.5. The summed E-state index contributed by atoms with van der Waals surface area (Å²) < 4.78 is 13.0.